The summed E-state index contributed by atoms with van der Waals surface area (Å²) in [5.41, 5.74) is 1.09. The van der Waals surface area contributed by atoms with Crippen LogP contribution in [0.2, 0.25) is 0 Å². The topological polar surface area (TPSA) is 80.4 Å². The molecule has 1 saturated heterocycles. The van der Waals surface area contributed by atoms with Crippen molar-refractivity contribution in [1.29, 1.82) is 0 Å². The van der Waals surface area contributed by atoms with Crippen molar-refractivity contribution in [2.24, 2.45) is 0 Å². The lowest BCUT2D eigenvalue weighted by molar-refractivity contribution is -0.892. The number of nitrogens with one attached hydrogen (secondary N) is 1. The number of hydrogen-bond donors (Lipinski definition) is 1. The summed E-state index contributed by atoms with van der Waals surface area (Å²) >= 11 is 1.66. The Bertz CT molecular complexity index is 789. The van der Waals surface area contributed by atoms with Crippen molar-refractivity contribution in [1.82, 2.24) is 4.90 Å². The Balaban J connectivity index is 1.51. The van der Waals surface area contributed by atoms with Crippen molar-refractivity contribution >= 4 is 28.6 Å². The van der Waals surface area contributed by atoms with E-state index >= 15 is 0 Å². The van der Waals surface area contributed by atoms with E-state index in [2.05, 4.69) is 4.90 Å². The molecule has 1 aromatic heterocycles. The van der Waals surface area contributed by atoms with Gasteiger partial charge in [0.15, 0.2) is 6.54 Å². The lowest BCUT2D eigenvalue weighted by atomic mass is 10.2. The zero-order chi connectivity index (χ0) is 20.6. The summed E-state index contributed by atoms with van der Waals surface area (Å²) in [6, 6.07) is 10.7. The highest BCUT2D eigenvalue weighted by Crippen LogP contribution is 2.19. The van der Waals surface area contributed by atoms with Crippen LogP contribution in [0.25, 0.3) is 0 Å². The second-order valence-corrected chi connectivity index (χ2v) is 8.11. The molecule has 0 bridgehead atoms. The molecular weight excluding hydrogens is 392 g/mol. The Labute approximate surface area is 174 Å². The molecule has 3 rings (SSSR count). The van der Waals surface area contributed by atoms with Crippen LogP contribution in [0.5, 0.6) is 0 Å². The highest BCUT2D eigenvalue weighted by atomic mass is 32.1. The van der Waals surface area contributed by atoms with Gasteiger partial charge in [-0.3, -0.25) is 14.9 Å². The van der Waals surface area contributed by atoms with Gasteiger partial charge in [-0.05, 0) is 23.6 Å². The smallest absolute Gasteiger partial charge is 0.278 e. The minimum atomic E-state index is -0.386. The third-order valence-electron chi connectivity index (χ3n) is 5.14. The van der Waals surface area contributed by atoms with E-state index in [1.807, 2.05) is 22.4 Å². The van der Waals surface area contributed by atoms with Crippen molar-refractivity contribution in [2.75, 3.05) is 57.9 Å². The van der Waals surface area contributed by atoms with E-state index in [9.17, 15) is 14.9 Å². The highest BCUT2D eigenvalue weighted by molar-refractivity contribution is 7.09. The zero-order valence-electron chi connectivity index (χ0n) is 16.6. The third kappa shape index (κ3) is 5.99. The molecule has 1 amide bonds. The van der Waals surface area contributed by atoms with Crippen molar-refractivity contribution in [3.05, 3.63) is 56.8 Å². The number of hydrogen-bond acceptors (Lipinski definition) is 6. The number of anilines is 1. The van der Waals surface area contributed by atoms with Gasteiger partial charge in [0.2, 0.25) is 0 Å². The first-order valence-corrected chi connectivity index (χ1v) is 10.6. The minimum absolute atomic E-state index is 0.102. The second-order valence-electron chi connectivity index (χ2n) is 7.07. The van der Waals surface area contributed by atoms with Crippen LogP contribution in [0.3, 0.4) is 0 Å². The third-order valence-corrected chi connectivity index (χ3v) is 6.00. The molecule has 0 radical (unpaired) electrons. The predicted molar refractivity (Wildman–Crippen MR) is 112 cm³/mol. The zero-order valence-corrected chi connectivity index (χ0v) is 17.4. The molecule has 0 atom stereocenters. The summed E-state index contributed by atoms with van der Waals surface area (Å²) < 4.78 is 5.17. The number of ether oxygens (including phenoxy) is 1. The van der Waals surface area contributed by atoms with Crippen molar-refractivity contribution in [3.63, 3.8) is 0 Å². The fraction of sp³-hybridized carbons (Fsp3) is 0.450. The molecule has 1 aromatic carbocycles. The molecule has 9 heteroatoms. The maximum absolute atomic E-state index is 12.9. The van der Waals surface area contributed by atoms with Gasteiger partial charge in [-0.2, -0.15) is 0 Å². The number of nitro benzene ring substituents is 1. The van der Waals surface area contributed by atoms with Gasteiger partial charge in [-0.15, -0.1) is 11.3 Å². The summed E-state index contributed by atoms with van der Waals surface area (Å²) in [6.07, 6.45) is 0. The first kappa shape index (κ1) is 21.2. The van der Waals surface area contributed by atoms with Gasteiger partial charge >= 0.3 is 0 Å². The number of nitrogens with zero attached hydrogens (tertiary/aromatic N) is 3. The van der Waals surface area contributed by atoms with Gasteiger partial charge in [-0.25, -0.2) is 0 Å². The van der Waals surface area contributed by atoms with E-state index < -0.39 is 0 Å². The second kappa shape index (κ2) is 10.3. The van der Waals surface area contributed by atoms with Crippen molar-refractivity contribution in [3.8, 4) is 0 Å². The number of piperazine rings is 1. The molecule has 0 spiro atoms. The molecule has 0 aliphatic carbocycles. The number of thiophene rings is 1. The van der Waals surface area contributed by atoms with E-state index in [4.69, 9.17) is 4.74 Å². The summed E-state index contributed by atoms with van der Waals surface area (Å²) in [5.74, 6) is 0.147. The largest absolute Gasteiger partial charge is 0.383 e. The SMILES string of the molecule is COCCN(Cc1cccs1)C(=O)C[NH+]1CCN(c2ccc([N+](=O)[O-])cc2)CC1. The Kier molecular flexibility index (Phi) is 7.56. The Hall–Kier alpha value is -2.49. The van der Waals surface area contributed by atoms with E-state index in [1.54, 1.807) is 30.6 Å². The molecule has 2 heterocycles. The molecule has 8 nitrogen and oxygen atoms in total. The minimum Gasteiger partial charge on any atom is -0.383 e. The normalized spacial score (nSPS) is 14.7. The standard InChI is InChI=1S/C20H26N4O4S/c1-28-13-12-23(15-19-3-2-14-29-19)20(25)16-21-8-10-22(11-9-21)17-4-6-18(7-5-17)24(26)27/h2-7,14H,8-13,15-16H2,1H3/p+1. The quantitative estimate of drug-likeness (QED) is 0.485. The van der Waals surface area contributed by atoms with Crippen LogP contribution in [0.4, 0.5) is 11.4 Å². The number of rotatable bonds is 9. The lowest BCUT2D eigenvalue weighted by Gasteiger charge is -2.34. The van der Waals surface area contributed by atoms with Gasteiger partial charge < -0.3 is 19.4 Å². The molecule has 1 aliphatic rings. The van der Waals surface area contributed by atoms with E-state index in [-0.39, 0.29) is 16.5 Å². The number of quaternary nitrogens is 1. The lowest BCUT2D eigenvalue weighted by Crippen LogP contribution is -3.15. The fourth-order valence-electron chi connectivity index (χ4n) is 3.45. The Morgan fingerprint density at radius 2 is 2.00 bits per heavy atom. The number of methoxy groups -OCH3 is 1. The van der Waals surface area contributed by atoms with Crippen LogP contribution in [-0.4, -0.2) is 68.7 Å². The van der Waals surface area contributed by atoms with Gasteiger partial charge in [-0.1, -0.05) is 6.07 Å². The van der Waals surface area contributed by atoms with E-state index in [0.29, 0.717) is 26.2 Å². The Morgan fingerprint density at radius 1 is 1.28 bits per heavy atom. The number of benzene rings is 1. The molecule has 0 saturated carbocycles. The predicted octanol–water partition coefficient (Wildman–Crippen LogP) is 1.04. The van der Waals surface area contributed by atoms with Crippen LogP contribution in [-0.2, 0) is 16.1 Å². The number of carbonyl (C=O) groups is 1. The summed E-state index contributed by atoms with van der Waals surface area (Å²) in [4.78, 5) is 29.8. The molecular formula is C20H27N4O4S+. The Morgan fingerprint density at radius 3 is 2.59 bits per heavy atom. The number of nitro groups is 1. The number of amides is 1. The molecule has 2 aromatic rings. The molecule has 1 N–H and O–H groups in total. The summed E-state index contributed by atoms with van der Waals surface area (Å²) in [5, 5.41) is 12.8. The average Bonchev–Trinajstić information content (AvgIpc) is 3.25. The highest BCUT2D eigenvalue weighted by Gasteiger charge is 2.25. The van der Waals surface area contributed by atoms with Crippen LogP contribution in [0, 0.1) is 10.1 Å². The molecule has 1 fully saturated rings. The molecule has 0 unspecified atom stereocenters. The van der Waals surface area contributed by atoms with Gasteiger partial charge in [0, 0.05) is 36.4 Å². The van der Waals surface area contributed by atoms with Gasteiger partial charge in [0.1, 0.15) is 0 Å². The molecule has 156 valence electrons. The number of carbonyl (C=O) groups excluding carboxylic acids is 1. The van der Waals surface area contributed by atoms with Crippen molar-refractivity contribution in [2.45, 2.75) is 6.54 Å². The van der Waals surface area contributed by atoms with Crippen molar-refractivity contribution < 1.29 is 19.4 Å². The van der Waals surface area contributed by atoms with Crippen LogP contribution in [0.15, 0.2) is 41.8 Å². The van der Waals surface area contributed by atoms with Gasteiger partial charge in [0.25, 0.3) is 11.6 Å². The monoisotopic (exact) mass is 419 g/mol. The summed E-state index contributed by atoms with van der Waals surface area (Å²) in [7, 11) is 1.65. The maximum atomic E-state index is 12.9. The maximum Gasteiger partial charge on any atom is 0.278 e. The number of non-ortho nitro benzene ring substituents is 1. The molecule has 29 heavy (non-hydrogen) atoms. The van der Waals surface area contributed by atoms with Crippen LogP contribution in [0.1, 0.15) is 4.88 Å². The fourth-order valence-corrected chi connectivity index (χ4v) is 4.17. The van der Waals surface area contributed by atoms with Crippen LogP contribution < -0.4 is 9.80 Å². The van der Waals surface area contributed by atoms with Gasteiger partial charge in [0.05, 0.1) is 44.3 Å². The average molecular weight is 420 g/mol. The van der Waals surface area contributed by atoms with E-state index in [0.717, 1.165) is 31.9 Å². The van der Waals surface area contributed by atoms with E-state index in [1.165, 1.54) is 21.9 Å². The summed E-state index contributed by atoms with van der Waals surface area (Å²) in [6.45, 7) is 5.59. The first-order chi connectivity index (χ1) is 14.1. The molecule has 1 aliphatic heterocycles. The van der Waals surface area contributed by atoms with Crippen LogP contribution >= 0.6 is 11.3 Å². The first-order valence-electron chi connectivity index (χ1n) is 9.69.